The molecule has 12 heteroatoms. The summed E-state index contributed by atoms with van der Waals surface area (Å²) in [7, 11) is -0.584. The normalized spacial score (nSPS) is 11.4. The average molecular weight is 453 g/mol. The second-order valence-electron chi connectivity index (χ2n) is 6.73. The first-order chi connectivity index (χ1) is 14.6. The van der Waals surface area contributed by atoms with Crippen molar-refractivity contribution in [3.05, 3.63) is 30.1 Å². The van der Waals surface area contributed by atoms with Gasteiger partial charge in [-0.3, -0.25) is 9.59 Å². The van der Waals surface area contributed by atoms with E-state index < -0.39 is 15.9 Å². The van der Waals surface area contributed by atoms with Crippen LogP contribution in [0, 0.1) is 0 Å². The van der Waals surface area contributed by atoms with Crippen molar-refractivity contribution in [1.29, 1.82) is 0 Å². The van der Waals surface area contributed by atoms with E-state index in [1.165, 1.54) is 32.2 Å². The molecule has 1 aromatic carbocycles. The summed E-state index contributed by atoms with van der Waals surface area (Å²) in [5.41, 5.74) is 0.256. The second-order valence-corrected chi connectivity index (χ2v) is 8.63. The fraction of sp³-hybridized carbons (Fsp3) is 0.474. The van der Waals surface area contributed by atoms with Crippen LogP contribution >= 0.6 is 0 Å². The van der Waals surface area contributed by atoms with Crippen LogP contribution in [-0.2, 0) is 21.4 Å². The quantitative estimate of drug-likeness (QED) is 0.571. The monoisotopic (exact) mass is 452 g/mol. The first-order valence-corrected chi connectivity index (χ1v) is 11.3. The number of carbonyl (C=O) groups excluding carboxylic acids is 2. The number of hydrogen-bond donors (Lipinski definition) is 1. The van der Waals surface area contributed by atoms with E-state index in [1.54, 1.807) is 40.9 Å². The number of sulfonamides is 1. The minimum absolute atomic E-state index is 0.00593. The molecule has 0 saturated heterocycles. The molecule has 0 radical (unpaired) electrons. The summed E-state index contributed by atoms with van der Waals surface area (Å²) in [6, 6.07) is 4.41. The van der Waals surface area contributed by atoms with Crippen LogP contribution in [0.3, 0.4) is 0 Å². The molecule has 2 aromatic rings. The first-order valence-electron chi connectivity index (χ1n) is 9.82. The smallest absolute Gasteiger partial charge is 0.277 e. The van der Waals surface area contributed by atoms with Gasteiger partial charge < -0.3 is 15.0 Å². The molecule has 11 nitrogen and oxygen atoms in total. The molecule has 2 amide bonds. The van der Waals surface area contributed by atoms with Gasteiger partial charge in [-0.1, -0.05) is 19.1 Å². The van der Waals surface area contributed by atoms with Gasteiger partial charge in [0.2, 0.25) is 15.9 Å². The zero-order chi connectivity index (χ0) is 23.2. The van der Waals surface area contributed by atoms with Crippen molar-refractivity contribution in [3.8, 4) is 5.75 Å². The highest BCUT2D eigenvalue weighted by atomic mass is 32.2. The van der Waals surface area contributed by atoms with E-state index in [4.69, 9.17) is 4.74 Å². The zero-order valence-corrected chi connectivity index (χ0v) is 19.1. The van der Waals surface area contributed by atoms with Crippen LogP contribution in [0.25, 0.3) is 0 Å². The van der Waals surface area contributed by atoms with Crippen molar-refractivity contribution in [3.63, 3.8) is 0 Å². The third kappa shape index (κ3) is 5.79. The molecule has 1 heterocycles. The van der Waals surface area contributed by atoms with E-state index in [-0.39, 0.29) is 34.5 Å². The minimum atomic E-state index is -3.81. The Balaban J connectivity index is 2.29. The maximum Gasteiger partial charge on any atom is 0.277 e. The molecule has 0 spiro atoms. The Kier molecular flexibility index (Phi) is 8.11. The number of nitrogens with one attached hydrogen (secondary N) is 1. The summed E-state index contributed by atoms with van der Waals surface area (Å²) in [6.07, 6.45) is 1.35. The predicted molar refractivity (Wildman–Crippen MR) is 114 cm³/mol. The molecule has 0 atom stereocenters. The van der Waals surface area contributed by atoms with E-state index in [1.807, 2.05) is 0 Å². The Morgan fingerprint density at radius 3 is 2.42 bits per heavy atom. The first kappa shape index (κ1) is 24.3. The van der Waals surface area contributed by atoms with Gasteiger partial charge >= 0.3 is 0 Å². The van der Waals surface area contributed by atoms with E-state index in [0.29, 0.717) is 19.7 Å². The Morgan fingerprint density at radius 1 is 1.16 bits per heavy atom. The van der Waals surface area contributed by atoms with E-state index in [9.17, 15) is 18.0 Å². The van der Waals surface area contributed by atoms with Gasteiger partial charge in [-0.15, -0.1) is 5.10 Å². The van der Waals surface area contributed by atoms with Crippen LogP contribution in [-0.4, -0.2) is 78.2 Å². The zero-order valence-electron chi connectivity index (χ0n) is 18.3. The van der Waals surface area contributed by atoms with Gasteiger partial charge in [0.05, 0.1) is 12.8 Å². The largest absolute Gasteiger partial charge is 0.492 e. The molecule has 2 rings (SSSR count). The molecule has 0 aliphatic rings. The predicted octanol–water partition coefficient (Wildman–Crippen LogP) is 1.05. The molecule has 1 aromatic heterocycles. The lowest BCUT2D eigenvalue weighted by atomic mass is 10.3. The average Bonchev–Trinajstić information content (AvgIpc) is 3.18. The standard InChI is InChI=1S/C19H28N6O5S/c1-6-25(7-2)31(28,29)17-11-14(9-10-16(17)30-8-3)20-19(27)15-12-24(22-21-15)13-18(26)23(4)5/h9-12H,6-8,13H2,1-5H3,(H,20,27). The molecular weight excluding hydrogens is 424 g/mol. The van der Waals surface area contributed by atoms with Gasteiger partial charge in [-0.2, -0.15) is 4.31 Å². The van der Waals surface area contributed by atoms with Crippen molar-refractivity contribution in [2.45, 2.75) is 32.2 Å². The van der Waals surface area contributed by atoms with Gasteiger partial charge in [0, 0.05) is 32.9 Å². The maximum atomic E-state index is 13.0. The fourth-order valence-corrected chi connectivity index (χ4v) is 4.33. The molecule has 0 fully saturated rings. The molecule has 1 N–H and O–H groups in total. The van der Waals surface area contributed by atoms with Crippen molar-refractivity contribution in [1.82, 2.24) is 24.2 Å². The number of carbonyl (C=O) groups is 2. The molecule has 0 aliphatic heterocycles. The van der Waals surface area contributed by atoms with Gasteiger partial charge in [-0.05, 0) is 25.1 Å². The molecular formula is C19H28N6O5S. The van der Waals surface area contributed by atoms with Gasteiger partial charge in [0.15, 0.2) is 5.69 Å². The molecule has 0 bridgehead atoms. The number of aromatic nitrogens is 3. The Bertz CT molecular complexity index is 1030. The number of likely N-dealkylation sites (N-methyl/N-ethyl adjacent to an activating group) is 1. The highest BCUT2D eigenvalue weighted by Gasteiger charge is 2.26. The van der Waals surface area contributed by atoms with Crippen LogP contribution in [0.1, 0.15) is 31.3 Å². The van der Waals surface area contributed by atoms with E-state index >= 15 is 0 Å². The summed E-state index contributed by atoms with van der Waals surface area (Å²) in [4.78, 5) is 25.7. The highest BCUT2D eigenvalue weighted by molar-refractivity contribution is 7.89. The summed E-state index contributed by atoms with van der Waals surface area (Å²) >= 11 is 0. The molecule has 0 saturated carbocycles. The van der Waals surface area contributed by atoms with E-state index in [0.717, 1.165) is 0 Å². The third-order valence-corrected chi connectivity index (χ3v) is 6.46. The summed E-state index contributed by atoms with van der Waals surface area (Å²) in [5.74, 6) is -0.575. The maximum absolute atomic E-state index is 13.0. The number of amides is 2. The Hall–Kier alpha value is -2.99. The van der Waals surface area contributed by atoms with Crippen LogP contribution in [0.2, 0.25) is 0 Å². The van der Waals surface area contributed by atoms with Crippen molar-refractivity contribution in [2.75, 3.05) is 39.1 Å². The van der Waals surface area contributed by atoms with Gasteiger partial charge in [0.1, 0.15) is 17.2 Å². The van der Waals surface area contributed by atoms with Gasteiger partial charge in [-0.25, -0.2) is 13.1 Å². The lowest BCUT2D eigenvalue weighted by Crippen LogP contribution is -2.31. The summed E-state index contributed by atoms with van der Waals surface area (Å²) in [6.45, 7) is 6.10. The SMILES string of the molecule is CCOc1ccc(NC(=O)c2cn(CC(=O)N(C)C)nn2)cc1S(=O)(=O)N(CC)CC. The second kappa shape index (κ2) is 10.4. The Labute approximate surface area is 182 Å². The third-order valence-electron chi connectivity index (χ3n) is 4.39. The van der Waals surface area contributed by atoms with Gasteiger partial charge in [0.25, 0.3) is 5.91 Å². The summed E-state index contributed by atoms with van der Waals surface area (Å²) in [5, 5.41) is 10.2. The topological polar surface area (TPSA) is 127 Å². The Morgan fingerprint density at radius 2 is 1.84 bits per heavy atom. The summed E-state index contributed by atoms with van der Waals surface area (Å²) < 4.78 is 34.1. The lowest BCUT2D eigenvalue weighted by molar-refractivity contribution is -0.129. The number of anilines is 1. The number of benzene rings is 1. The highest BCUT2D eigenvalue weighted by Crippen LogP contribution is 2.30. The van der Waals surface area contributed by atoms with E-state index in [2.05, 4.69) is 15.6 Å². The number of rotatable bonds is 10. The van der Waals surface area contributed by atoms with Crippen molar-refractivity contribution in [2.24, 2.45) is 0 Å². The van der Waals surface area contributed by atoms with Crippen LogP contribution in [0.5, 0.6) is 5.75 Å². The number of ether oxygens (including phenoxy) is 1. The van der Waals surface area contributed by atoms with Crippen molar-refractivity contribution < 1.29 is 22.7 Å². The molecule has 170 valence electrons. The fourth-order valence-electron chi connectivity index (χ4n) is 2.72. The molecule has 31 heavy (non-hydrogen) atoms. The lowest BCUT2D eigenvalue weighted by Gasteiger charge is -2.21. The number of nitrogens with zero attached hydrogens (tertiary/aromatic N) is 5. The number of hydrogen-bond acceptors (Lipinski definition) is 7. The van der Waals surface area contributed by atoms with Crippen LogP contribution in [0.4, 0.5) is 5.69 Å². The molecule has 0 aliphatic carbocycles. The van der Waals surface area contributed by atoms with Crippen molar-refractivity contribution >= 4 is 27.5 Å². The van der Waals surface area contributed by atoms with Crippen LogP contribution in [0.15, 0.2) is 29.3 Å². The minimum Gasteiger partial charge on any atom is -0.492 e. The van der Waals surface area contributed by atoms with Crippen LogP contribution < -0.4 is 10.1 Å². The molecule has 0 unspecified atom stereocenters.